The number of ether oxygens (including phenoxy) is 2. The number of aliphatic carboxylic acids is 1. The van der Waals surface area contributed by atoms with Crippen molar-refractivity contribution in [2.45, 2.75) is 124 Å². The van der Waals surface area contributed by atoms with Crippen LogP contribution >= 0.6 is 0 Å². The largest absolute Gasteiger partial charge is 0.481 e. The van der Waals surface area contributed by atoms with E-state index in [-0.39, 0.29) is 23.6 Å². The van der Waals surface area contributed by atoms with Crippen LogP contribution in [0.1, 0.15) is 112 Å². The van der Waals surface area contributed by atoms with Crippen molar-refractivity contribution in [3.8, 4) is 0 Å². The number of amides is 10. The number of nitrogens with zero attached hydrogens (tertiary/aromatic N) is 2. The van der Waals surface area contributed by atoms with Crippen LogP contribution in [0.5, 0.6) is 0 Å². The summed E-state index contributed by atoms with van der Waals surface area (Å²) in [7, 11) is 0. The van der Waals surface area contributed by atoms with Crippen LogP contribution in [0.4, 0.5) is 28.0 Å². The number of ketones is 1. The number of benzene rings is 2. The molecule has 21 heteroatoms. The first-order valence-corrected chi connectivity index (χ1v) is 19.6. The third-order valence-electron chi connectivity index (χ3n) is 8.32. The molecule has 2 fully saturated rings. The third-order valence-corrected chi connectivity index (χ3v) is 8.32. The minimum Gasteiger partial charge on any atom is -0.481 e. The number of imide groups is 4. The van der Waals surface area contributed by atoms with Crippen molar-refractivity contribution in [3.63, 3.8) is 0 Å². The summed E-state index contributed by atoms with van der Waals surface area (Å²) >= 11 is 0. The quantitative estimate of drug-likeness (QED) is 0.182. The third kappa shape index (κ3) is 16.5. The van der Waals surface area contributed by atoms with Gasteiger partial charge in [0.05, 0.1) is 18.5 Å². The number of hydrogen-bond donors (Lipinski definition) is 5. The molecule has 2 aliphatic heterocycles. The average Bonchev–Trinajstić information content (AvgIpc) is 3.09. The van der Waals surface area contributed by atoms with E-state index in [1.165, 1.54) is 36.4 Å². The maximum Gasteiger partial charge on any atom is 0.408 e. The van der Waals surface area contributed by atoms with Gasteiger partial charge in [0.2, 0.25) is 17.7 Å². The lowest BCUT2D eigenvalue weighted by molar-refractivity contribution is -0.149. The van der Waals surface area contributed by atoms with E-state index >= 15 is 0 Å². The second-order valence-electron chi connectivity index (χ2n) is 16.6. The summed E-state index contributed by atoms with van der Waals surface area (Å²) in [6.07, 6.45) is -2.91. The van der Waals surface area contributed by atoms with Crippen molar-refractivity contribution >= 4 is 59.6 Å². The van der Waals surface area contributed by atoms with E-state index in [9.17, 15) is 56.7 Å². The molecule has 0 spiro atoms. The number of halogens is 2. The van der Waals surface area contributed by atoms with Gasteiger partial charge in [-0.05, 0) is 81.4 Å². The summed E-state index contributed by atoms with van der Waals surface area (Å²) in [4.78, 5) is 119. The van der Waals surface area contributed by atoms with Crippen LogP contribution in [0.2, 0.25) is 0 Å². The molecule has 2 aromatic rings. The highest BCUT2D eigenvalue weighted by molar-refractivity contribution is 6.26. The Balaban J connectivity index is 0.000000363. The van der Waals surface area contributed by atoms with Gasteiger partial charge in [0.15, 0.2) is 11.7 Å². The number of carboxylic acids is 1. The van der Waals surface area contributed by atoms with Gasteiger partial charge < -0.3 is 25.2 Å². The molecule has 3 atom stereocenters. The lowest BCUT2D eigenvalue weighted by Crippen LogP contribution is -2.61. The lowest BCUT2D eigenvalue weighted by atomic mass is 9.91. The van der Waals surface area contributed by atoms with Gasteiger partial charge in [-0.25, -0.2) is 28.0 Å². The highest BCUT2D eigenvalue weighted by Crippen LogP contribution is 2.26. The Bertz CT molecular complexity index is 2060. The van der Waals surface area contributed by atoms with E-state index in [2.05, 4.69) is 16.0 Å². The fourth-order valence-electron chi connectivity index (χ4n) is 5.83. The van der Waals surface area contributed by atoms with Gasteiger partial charge in [0.1, 0.15) is 29.3 Å². The summed E-state index contributed by atoms with van der Waals surface area (Å²) in [5.74, 6) is -8.03. The predicted octanol–water partition coefficient (Wildman–Crippen LogP) is 5.18. The number of urea groups is 2. The molecule has 0 aromatic heterocycles. The van der Waals surface area contributed by atoms with Crippen LogP contribution < -0.4 is 21.3 Å². The van der Waals surface area contributed by atoms with E-state index in [1.807, 2.05) is 5.32 Å². The minimum absolute atomic E-state index is 0.0119. The second kappa shape index (κ2) is 22.3. The molecule has 0 bridgehead atoms. The molecule has 0 saturated carbocycles. The fraction of sp³-hybridized carbons (Fsp3) is 0.476. The Kier molecular flexibility index (Phi) is 18.6. The first kappa shape index (κ1) is 52.3. The Hall–Kier alpha value is -6.80. The van der Waals surface area contributed by atoms with E-state index in [0.717, 1.165) is 15.9 Å². The Morgan fingerprint density at radius 3 is 1.49 bits per heavy atom. The Morgan fingerprint density at radius 1 is 0.698 bits per heavy atom. The number of carbonyl (C=O) groups is 10. The number of alkyl carbamates (subject to hydrolysis) is 2. The molecule has 63 heavy (non-hydrogen) atoms. The van der Waals surface area contributed by atoms with E-state index in [0.29, 0.717) is 0 Å². The molecule has 2 aliphatic rings. The molecular formula is C42H54F2N6O13. The SMILES string of the molecule is CC(C)(C)OC(=O)N[C@H](CC(=O)O)c1ccccc1F.CC(C)N1C(=O)CC(=O)NC1=O.CC(C)N1C(=O)NC(=O)C(C(=O)C[C@@H](NC(=O)OC(C)(C)C)c2ccccc2F)C1=O. The average molecular weight is 889 g/mol. The first-order chi connectivity index (χ1) is 29.0. The molecule has 0 aliphatic carbocycles. The number of hydrogen-bond acceptors (Lipinski definition) is 12. The molecule has 19 nitrogen and oxygen atoms in total. The summed E-state index contributed by atoms with van der Waals surface area (Å²) in [5, 5.41) is 17.7. The number of carbonyl (C=O) groups excluding carboxylic acids is 9. The maximum absolute atomic E-state index is 14.4. The zero-order valence-electron chi connectivity index (χ0n) is 36.6. The summed E-state index contributed by atoms with van der Waals surface area (Å²) < 4.78 is 38.3. The fourth-order valence-corrected chi connectivity index (χ4v) is 5.83. The molecule has 10 amide bonds. The number of barbiturate groups is 2. The molecule has 2 aromatic carbocycles. The van der Waals surface area contributed by atoms with Crippen molar-refractivity contribution in [2.24, 2.45) is 5.92 Å². The Morgan fingerprint density at radius 2 is 1.11 bits per heavy atom. The smallest absolute Gasteiger partial charge is 0.408 e. The van der Waals surface area contributed by atoms with Gasteiger partial charge in [0, 0.05) is 29.6 Å². The van der Waals surface area contributed by atoms with Gasteiger partial charge in [-0.15, -0.1) is 0 Å². The van der Waals surface area contributed by atoms with Gasteiger partial charge >= 0.3 is 30.2 Å². The molecule has 1 unspecified atom stereocenters. The number of carboxylic acid groups (broad SMARTS) is 1. The van der Waals surface area contributed by atoms with Crippen LogP contribution in [0.25, 0.3) is 0 Å². The molecule has 2 heterocycles. The molecule has 0 radical (unpaired) electrons. The summed E-state index contributed by atoms with van der Waals surface area (Å²) in [5.41, 5.74) is -1.46. The van der Waals surface area contributed by atoms with E-state index in [4.69, 9.17) is 14.6 Å². The van der Waals surface area contributed by atoms with Gasteiger partial charge in [-0.3, -0.25) is 49.2 Å². The van der Waals surface area contributed by atoms with Crippen LogP contribution in [0.15, 0.2) is 48.5 Å². The van der Waals surface area contributed by atoms with Crippen molar-refractivity contribution in [2.75, 3.05) is 0 Å². The van der Waals surface area contributed by atoms with Crippen molar-refractivity contribution in [1.82, 2.24) is 31.1 Å². The normalized spacial score (nSPS) is 16.4. The minimum atomic E-state index is -1.78. The highest BCUT2D eigenvalue weighted by Gasteiger charge is 2.46. The van der Waals surface area contributed by atoms with Gasteiger partial charge in [0.25, 0.3) is 5.91 Å². The van der Waals surface area contributed by atoms with Gasteiger partial charge in [-0.2, -0.15) is 0 Å². The monoisotopic (exact) mass is 888 g/mol. The molecule has 2 saturated heterocycles. The van der Waals surface area contributed by atoms with E-state index < -0.39 is 119 Å². The standard InChI is InChI=1S/C21H26FN3O6.C14H18FNO4.C7H10N2O3/c1-11(2)25-18(28)16(17(27)24-19(25)29)15(26)10-14(12-8-6-7-9-13(12)22)23-20(30)31-21(3,4)5;1-14(2,3)20-13(19)16-11(8-12(17)18)9-6-4-5-7-10(9)15;1-4(2)9-6(11)3-5(10)8-7(9)12/h6-9,11,14,16H,10H2,1-5H3,(H,23,30)(H,24,27,29);4-7,11H,8H2,1-3H3,(H,16,19)(H,17,18);4H,3H2,1-2H3,(H,8,10,12)/t14-,16?;11-;/m11./s1. The molecule has 4 rings (SSSR count). The van der Waals surface area contributed by atoms with Crippen LogP contribution in [-0.4, -0.2) is 97.8 Å². The molecule has 5 N–H and O–H groups in total. The topological polar surface area (TPSA) is 264 Å². The van der Waals surface area contributed by atoms with Crippen molar-refractivity contribution in [1.29, 1.82) is 0 Å². The van der Waals surface area contributed by atoms with Crippen molar-refractivity contribution < 1.29 is 71.3 Å². The number of rotatable bonds is 11. The Labute approximate surface area is 362 Å². The lowest BCUT2D eigenvalue weighted by Gasteiger charge is -2.32. The van der Waals surface area contributed by atoms with Crippen LogP contribution in [-0.2, 0) is 38.2 Å². The molecule has 344 valence electrons. The van der Waals surface area contributed by atoms with Crippen LogP contribution in [0, 0.1) is 17.6 Å². The predicted molar refractivity (Wildman–Crippen MR) is 218 cm³/mol. The summed E-state index contributed by atoms with van der Waals surface area (Å²) in [6.45, 7) is 16.5. The van der Waals surface area contributed by atoms with Crippen molar-refractivity contribution in [3.05, 3.63) is 71.3 Å². The zero-order valence-corrected chi connectivity index (χ0v) is 36.6. The first-order valence-electron chi connectivity index (χ1n) is 19.6. The summed E-state index contributed by atoms with van der Waals surface area (Å²) in [6, 6.07) is 6.69. The molecular weight excluding hydrogens is 834 g/mol. The number of Topliss-reactive ketones (excluding diaryl/α,β-unsaturated/α-hetero) is 1. The zero-order chi connectivity index (χ0) is 48.1. The number of nitrogens with one attached hydrogen (secondary N) is 4. The van der Waals surface area contributed by atoms with Gasteiger partial charge in [-0.1, -0.05) is 36.4 Å². The second-order valence-corrected chi connectivity index (χ2v) is 16.6. The van der Waals surface area contributed by atoms with E-state index in [1.54, 1.807) is 75.3 Å². The van der Waals surface area contributed by atoms with Crippen LogP contribution in [0.3, 0.4) is 0 Å². The highest BCUT2D eigenvalue weighted by atomic mass is 19.1. The maximum atomic E-state index is 14.4.